The first-order valence-corrected chi connectivity index (χ1v) is 7.23. The monoisotopic (exact) mass is 264 g/mol. The minimum Gasteiger partial charge on any atom is -0.271 e. The van der Waals surface area contributed by atoms with E-state index in [1.54, 1.807) is 17.4 Å². The Kier molecular flexibility index (Phi) is 3.33. The normalized spacial score (nSPS) is 17.9. The van der Waals surface area contributed by atoms with Gasteiger partial charge in [-0.25, -0.2) is 4.39 Å². The lowest BCUT2D eigenvalue weighted by molar-refractivity contribution is 0.263. The predicted molar refractivity (Wildman–Crippen MR) is 73.8 cm³/mol. The van der Waals surface area contributed by atoms with E-state index in [0.717, 1.165) is 22.4 Å². The Bertz CT molecular complexity index is 548. The van der Waals surface area contributed by atoms with Gasteiger partial charge >= 0.3 is 0 Å². The molecule has 0 spiro atoms. The molecule has 3 rings (SSSR count). The fourth-order valence-electron chi connectivity index (χ4n) is 2.53. The average molecular weight is 264 g/mol. The molecule has 0 radical (unpaired) electrons. The zero-order valence-corrected chi connectivity index (χ0v) is 11.0. The molecule has 0 saturated heterocycles. The molecule has 1 aromatic heterocycles. The number of hydrogen-bond donors (Lipinski definition) is 2. The molecule has 0 bridgehead atoms. The molecule has 1 aromatic carbocycles. The molecule has 4 heteroatoms. The molecule has 1 saturated carbocycles. The van der Waals surface area contributed by atoms with E-state index in [9.17, 15) is 4.39 Å². The van der Waals surface area contributed by atoms with E-state index in [0.29, 0.717) is 0 Å². The second-order valence-corrected chi connectivity index (χ2v) is 6.20. The van der Waals surface area contributed by atoms with Gasteiger partial charge in [0.15, 0.2) is 0 Å². The van der Waals surface area contributed by atoms with Crippen molar-refractivity contribution in [1.29, 1.82) is 0 Å². The average Bonchev–Trinajstić information content (AvgIpc) is 2.70. The third-order valence-corrected chi connectivity index (χ3v) is 5.05. The van der Waals surface area contributed by atoms with E-state index in [-0.39, 0.29) is 11.9 Å². The van der Waals surface area contributed by atoms with Crippen molar-refractivity contribution in [1.82, 2.24) is 5.43 Å². The van der Waals surface area contributed by atoms with Crippen molar-refractivity contribution in [3.8, 4) is 0 Å². The number of hydrogen-bond acceptors (Lipinski definition) is 3. The lowest BCUT2D eigenvalue weighted by atomic mass is 9.81. The Morgan fingerprint density at radius 1 is 1.39 bits per heavy atom. The number of nitrogens with one attached hydrogen (secondary N) is 1. The topological polar surface area (TPSA) is 38.0 Å². The molecule has 1 unspecified atom stereocenters. The quantitative estimate of drug-likeness (QED) is 0.652. The molecule has 2 aromatic rings. The van der Waals surface area contributed by atoms with Gasteiger partial charge in [-0.1, -0.05) is 25.3 Å². The van der Waals surface area contributed by atoms with Gasteiger partial charge in [0.05, 0.1) is 6.04 Å². The van der Waals surface area contributed by atoms with Gasteiger partial charge in [0.25, 0.3) is 0 Å². The highest BCUT2D eigenvalue weighted by Gasteiger charge is 2.23. The van der Waals surface area contributed by atoms with Gasteiger partial charge in [0, 0.05) is 9.58 Å². The molecular formula is C14H17FN2S. The van der Waals surface area contributed by atoms with Crippen LogP contribution in [0.3, 0.4) is 0 Å². The van der Waals surface area contributed by atoms with E-state index in [1.807, 2.05) is 6.07 Å². The number of halogens is 1. The van der Waals surface area contributed by atoms with Crippen LogP contribution in [0.5, 0.6) is 0 Å². The van der Waals surface area contributed by atoms with Crippen molar-refractivity contribution in [2.24, 2.45) is 11.8 Å². The van der Waals surface area contributed by atoms with Crippen LogP contribution in [0.1, 0.15) is 36.6 Å². The SMILES string of the molecule is NNC(CC1CCC1)c1cc2ccc(F)cc2s1. The Balaban J connectivity index is 1.86. The van der Waals surface area contributed by atoms with E-state index >= 15 is 0 Å². The summed E-state index contributed by atoms with van der Waals surface area (Å²) in [5.74, 6) is 6.29. The number of benzene rings is 1. The predicted octanol–water partition coefficient (Wildman–Crippen LogP) is 3.74. The van der Waals surface area contributed by atoms with Crippen LogP contribution in [0.25, 0.3) is 10.1 Å². The third-order valence-electron chi connectivity index (χ3n) is 3.84. The summed E-state index contributed by atoms with van der Waals surface area (Å²) in [4.78, 5) is 1.21. The fourth-order valence-corrected chi connectivity index (χ4v) is 3.69. The van der Waals surface area contributed by atoms with Gasteiger partial charge in [0.2, 0.25) is 0 Å². The van der Waals surface area contributed by atoms with Crippen LogP contribution in [0.4, 0.5) is 4.39 Å². The molecule has 1 aliphatic rings. The van der Waals surface area contributed by atoms with E-state index in [1.165, 1.54) is 30.2 Å². The molecule has 1 fully saturated rings. The van der Waals surface area contributed by atoms with Crippen LogP contribution in [0.2, 0.25) is 0 Å². The summed E-state index contributed by atoms with van der Waals surface area (Å²) in [6, 6.07) is 7.27. The zero-order valence-electron chi connectivity index (χ0n) is 10.2. The molecule has 96 valence electrons. The summed E-state index contributed by atoms with van der Waals surface area (Å²) in [5, 5.41) is 1.10. The maximum absolute atomic E-state index is 13.2. The minimum atomic E-state index is -0.174. The molecule has 0 amide bonds. The highest BCUT2D eigenvalue weighted by Crippen LogP contribution is 2.38. The largest absolute Gasteiger partial charge is 0.271 e. The Morgan fingerprint density at radius 3 is 2.89 bits per heavy atom. The number of fused-ring (bicyclic) bond motifs is 1. The van der Waals surface area contributed by atoms with E-state index in [4.69, 9.17) is 5.84 Å². The Labute approximate surface area is 110 Å². The first-order valence-electron chi connectivity index (χ1n) is 6.41. The summed E-state index contributed by atoms with van der Waals surface area (Å²) in [6.45, 7) is 0. The summed E-state index contributed by atoms with van der Waals surface area (Å²) in [6.07, 6.45) is 5.07. The maximum atomic E-state index is 13.2. The van der Waals surface area contributed by atoms with Gasteiger partial charge in [-0.15, -0.1) is 11.3 Å². The van der Waals surface area contributed by atoms with Crippen molar-refractivity contribution in [2.75, 3.05) is 0 Å². The summed E-state index contributed by atoms with van der Waals surface area (Å²) in [7, 11) is 0. The van der Waals surface area contributed by atoms with Gasteiger partial charge in [-0.2, -0.15) is 0 Å². The molecule has 1 atom stereocenters. The van der Waals surface area contributed by atoms with Crippen molar-refractivity contribution >= 4 is 21.4 Å². The van der Waals surface area contributed by atoms with Gasteiger partial charge in [-0.05, 0) is 35.9 Å². The number of hydrazine groups is 1. The van der Waals surface area contributed by atoms with Gasteiger partial charge in [-0.3, -0.25) is 11.3 Å². The van der Waals surface area contributed by atoms with Gasteiger partial charge < -0.3 is 0 Å². The zero-order chi connectivity index (χ0) is 12.5. The van der Waals surface area contributed by atoms with Crippen LogP contribution < -0.4 is 11.3 Å². The van der Waals surface area contributed by atoms with E-state index < -0.39 is 0 Å². The number of thiophene rings is 1. The standard InChI is InChI=1S/C14H17FN2S/c15-11-5-4-10-7-14(18-13(10)8-11)12(17-16)6-9-2-1-3-9/h4-5,7-9,12,17H,1-3,6,16H2. The lowest BCUT2D eigenvalue weighted by Gasteiger charge is -2.28. The van der Waals surface area contributed by atoms with Crippen molar-refractivity contribution in [3.63, 3.8) is 0 Å². The molecule has 0 aliphatic heterocycles. The summed E-state index contributed by atoms with van der Waals surface area (Å²) < 4.78 is 14.2. The minimum absolute atomic E-state index is 0.174. The second-order valence-electron chi connectivity index (χ2n) is 5.08. The molecule has 1 aliphatic carbocycles. The molecule has 1 heterocycles. The molecule has 18 heavy (non-hydrogen) atoms. The second kappa shape index (κ2) is 4.96. The molecule has 3 N–H and O–H groups in total. The van der Waals surface area contributed by atoms with Crippen LogP contribution >= 0.6 is 11.3 Å². The van der Waals surface area contributed by atoms with Crippen LogP contribution in [0.15, 0.2) is 24.3 Å². The summed E-state index contributed by atoms with van der Waals surface area (Å²) >= 11 is 1.64. The van der Waals surface area contributed by atoms with Crippen LogP contribution in [-0.2, 0) is 0 Å². The van der Waals surface area contributed by atoms with Crippen LogP contribution in [0, 0.1) is 11.7 Å². The van der Waals surface area contributed by atoms with Crippen molar-refractivity contribution in [3.05, 3.63) is 35.0 Å². The van der Waals surface area contributed by atoms with Crippen LogP contribution in [-0.4, -0.2) is 0 Å². The Morgan fingerprint density at radius 2 is 2.22 bits per heavy atom. The van der Waals surface area contributed by atoms with Gasteiger partial charge in [0.1, 0.15) is 5.82 Å². The smallest absolute Gasteiger partial charge is 0.124 e. The first-order chi connectivity index (χ1) is 8.76. The first kappa shape index (κ1) is 12.1. The number of nitrogens with two attached hydrogens (primary N) is 1. The third kappa shape index (κ3) is 2.28. The lowest BCUT2D eigenvalue weighted by Crippen LogP contribution is -2.30. The highest BCUT2D eigenvalue weighted by atomic mass is 32.1. The molecule has 2 nitrogen and oxygen atoms in total. The van der Waals surface area contributed by atoms with Crippen molar-refractivity contribution in [2.45, 2.75) is 31.7 Å². The maximum Gasteiger partial charge on any atom is 0.124 e. The molecular weight excluding hydrogens is 247 g/mol. The van der Waals surface area contributed by atoms with Crippen molar-refractivity contribution < 1.29 is 4.39 Å². The summed E-state index contributed by atoms with van der Waals surface area (Å²) in [5.41, 5.74) is 2.91. The highest BCUT2D eigenvalue weighted by molar-refractivity contribution is 7.19. The number of rotatable bonds is 4. The Hall–Kier alpha value is -0.970. The van der Waals surface area contributed by atoms with E-state index in [2.05, 4.69) is 11.5 Å². The fraction of sp³-hybridized carbons (Fsp3) is 0.429.